The van der Waals surface area contributed by atoms with E-state index in [0.29, 0.717) is 11.1 Å². The van der Waals surface area contributed by atoms with Gasteiger partial charge in [-0.25, -0.2) is 13.6 Å². The summed E-state index contributed by atoms with van der Waals surface area (Å²) in [7, 11) is 0. The fourth-order valence-corrected chi connectivity index (χ4v) is 2.09. The van der Waals surface area contributed by atoms with Gasteiger partial charge in [0.1, 0.15) is 17.7 Å². The summed E-state index contributed by atoms with van der Waals surface area (Å²) in [5.74, 6) is -2.48. The van der Waals surface area contributed by atoms with Crippen LogP contribution in [0.4, 0.5) is 8.78 Å². The van der Waals surface area contributed by atoms with E-state index in [0.717, 1.165) is 0 Å². The molecule has 0 aliphatic heterocycles. The van der Waals surface area contributed by atoms with Gasteiger partial charge in [0.15, 0.2) is 0 Å². The molecule has 0 unspecified atom stereocenters. The molecule has 0 aromatic heterocycles. The number of carbonyl (C=O) groups excluding carboxylic acids is 1. The molecule has 0 spiro atoms. The minimum absolute atomic E-state index is 0.0464. The van der Waals surface area contributed by atoms with Gasteiger partial charge in [-0.1, -0.05) is 24.3 Å². The summed E-state index contributed by atoms with van der Waals surface area (Å²) in [6.45, 7) is 0. The van der Waals surface area contributed by atoms with Crippen LogP contribution >= 0.6 is 0 Å². The third-order valence-corrected chi connectivity index (χ3v) is 3.26. The maximum Gasteiger partial charge on any atom is 0.326 e. The molecule has 0 fully saturated rings. The lowest BCUT2D eigenvalue weighted by Gasteiger charge is -2.14. The first-order chi connectivity index (χ1) is 10.9. The maximum absolute atomic E-state index is 12.9. The van der Waals surface area contributed by atoms with E-state index in [1.165, 1.54) is 48.5 Å². The average Bonchev–Trinajstić information content (AvgIpc) is 2.51. The highest BCUT2D eigenvalue weighted by molar-refractivity contribution is 5.85. The van der Waals surface area contributed by atoms with Gasteiger partial charge in [0, 0.05) is 6.42 Å². The number of hydrogen-bond donors (Lipinski definition) is 2. The Kier molecular flexibility index (Phi) is 5.41. The second-order valence-electron chi connectivity index (χ2n) is 5.09. The molecule has 6 heteroatoms. The summed E-state index contributed by atoms with van der Waals surface area (Å²) in [6.07, 6.45) is -0.00174. The molecule has 2 aromatic rings. The number of halogens is 2. The van der Waals surface area contributed by atoms with Gasteiger partial charge in [-0.05, 0) is 35.4 Å². The smallest absolute Gasteiger partial charge is 0.326 e. The maximum atomic E-state index is 12.9. The molecule has 0 aliphatic rings. The van der Waals surface area contributed by atoms with Crippen molar-refractivity contribution in [2.75, 3.05) is 0 Å². The van der Waals surface area contributed by atoms with Crippen LogP contribution in [-0.4, -0.2) is 23.0 Å². The van der Waals surface area contributed by atoms with Crippen LogP contribution in [0.5, 0.6) is 0 Å². The van der Waals surface area contributed by atoms with E-state index in [1.807, 2.05) is 0 Å². The quantitative estimate of drug-likeness (QED) is 0.859. The second kappa shape index (κ2) is 7.49. The predicted molar refractivity (Wildman–Crippen MR) is 79.8 cm³/mol. The Morgan fingerprint density at radius 3 is 1.87 bits per heavy atom. The molecule has 0 bridgehead atoms. The fraction of sp³-hybridized carbons (Fsp3) is 0.176. The fourth-order valence-electron chi connectivity index (χ4n) is 2.09. The molecule has 1 atom stereocenters. The largest absolute Gasteiger partial charge is 0.480 e. The standard InChI is InChI=1S/C17H15F2NO3/c18-13-5-1-11(2-6-13)9-15(17(22)23)20-16(21)10-12-3-7-14(19)8-4-12/h1-8,15H,9-10H2,(H,20,21)(H,22,23)/t15-/m0/s1. The molecule has 0 heterocycles. The monoisotopic (exact) mass is 319 g/mol. The lowest BCUT2D eigenvalue weighted by atomic mass is 10.1. The van der Waals surface area contributed by atoms with Crippen molar-refractivity contribution >= 4 is 11.9 Å². The van der Waals surface area contributed by atoms with Gasteiger partial charge < -0.3 is 10.4 Å². The van der Waals surface area contributed by atoms with Crippen molar-refractivity contribution in [3.05, 3.63) is 71.3 Å². The molecule has 1 amide bonds. The first-order valence-electron chi connectivity index (χ1n) is 6.95. The Labute approximate surface area is 131 Å². The topological polar surface area (TPSA) is 66.4 Å². The highest BCUT2D eigenvalue weighted by Gasteiger charge is 2.20. The molecular weight excluding hydrogens is 304 g/mol. The molecule has 0 saturated heterocycles. The number of amides is 1. The zero-order valence-electron chi connectivity index (χ0n) is 12.1. The van der Waals surface area contributed by atoms with Crippen molar-refractivity contribution in [1.29, 1.82) is 0 Å². The summed E-state index contributed by atoms with van der Waals surface area (Å²) in [5, 5.41) is 11.6. The van der Waals surface area contributed by atoms with Crippen LogP contribution in [0.1, 0.15) is 11.1 Å². The van der Waals surface area contributed by atoms with E-state index in [4.69, 9.17) is 0 Å². The Hall–Kier alpha value is -2.76. The number of hydrogen-bond acceptors (Lipinski definition) is 2. The Balaban J connectivity index is 1.98. The van der Waals surface area contributed by atoms with Crippen LogP contribution in [0.25, 0.3) is 0 Å². The highest BCUT2D eigenvalue weighted by Crippen LogP contribution is 2.07. The molecule has 2 aromatic carbocycles. The number of nitrogens with one attached hydrogen (secondary N) is 1. The minimum Gasteiger partial charge on any atom is -0.480 e. The lowest BCUT2D eigenvalue weighted by Crippen LogP contribution is -2.43. The van der Waals surface area contributed by atoms with E-state index in [1.54, 1.807) is 0 Å². The lowest BCUT2D eigenvalue weighted by molar-refractivity contribution is -0.141. The summed E-state index contributed by atoms with van der Waals surface area (Å²) in [4.78, 5) is 23.2. The number of carbonyl (C=O) groups is 2. The van der Waals surface area contributed by atoms with Crippen molar-refractivity contribution in [2.45, 2.75) is 18.9 Å². The number of aliphatic carboxylic acids is 1. The first kappa shape index (κ1) is 16.6. The van der Waals surface area contributed by atoms with Crippen LogP contribution in [-0.2, 0) is 22.4 Å². The summed E-state index contributed by atoms with van der Waals surface area (Å²) >= 11 is 0. The first-order valence-corrected chi connectivity index (χ1v) is 6.95. The molecule has 23 heavy (non-hydrogen) atoms. The van der Waals surface area contributed by atoms with E-state index >= 15 is 0 Å². The van der Waals surface area contributed by atoms with Gasteiger partial charge >= 0.3 is 5.97 Å². The van der Waals surface area contributed by atoms with E-state index in [2.05, 4.69) is 5.32 Å². The van der Waals surface area contributed by atoms with Crippen LogP contribution < -0.4 is 5.32 Å². The molecule has 0 saturated carbocycles. The normalized spacial score (nSPS) is 11.7. The predicted octanol–water partition coefficient (Wildman–Crippen LogP) is 2.32. The summed E-state index contributed by atoms with van der Waals surface area (Å²) < 4.78 is 25.7. The van der Waals surface area contributed by atoms with Gasteiger partial charge in [0.25, 0.3) is 0 Å². The third kappa shape index (κ3) is 5.18. The van der Waals surface area contributed by atoms with Crippen molar-refractivity contribution in [2.24, 2.45) is 0 Å². The zero-order chi connectivity index (χ0) is 16.8. The molecule has 0 aliphatic carbocycles. The Morgan fingerprint density at radius 2 is 1.39 bits per heavy atom. The number of rotatable bonds is 6. The van der Waals surface area contributed by atoms with Gasteiger partial charge in [-0.3, -0.25) is 4.79 Å². The number of carboxylic acids is 1. The van der Waals surface area contributed by atoms with Crippen molar-refractivity contribution in [1.82, 2.24) is 5.32 Å². The van der Waals surface area contributed by atoms with Crippen molar-refractivity contribution in [3.8, 4) is 0 Å². The number of benzene rings is 2. The van der Waals surface area contributed by atoms with Gasteiger partial charge in [0.2, 0.25) is 5.91 Å². The molecule has 120 valence electrons. The molecular formula is C17H15F2NO3. The molecule has 2 rings (SSSR count). The van der Waals surface area contributed by atoms with Gasteiger partial charge in [-0.2, -0.15) is 0 Å². The van der Waals surface area contributed by atoms with Crippen molar-refractivity contribution in [3.63, 3.8) is 0 Å². The van der Waals surface area contributed by atoms with Gasteiger partial charge in [-0.15, -0.1) is 0 Å². The van der Waals surface area contributed by atoms with E-state index in [-0.39, 0.29) is 12.8 Å². The van der Waals surface area contributed by atoms with Gasteiger partial charge in [0.05, 0.1) is 6.42 Å². The van der Waals surface area contributed by atoms with Crippen LogP contribution in [0.15, 0.2) is 48.5 Å². The molecule has 4 nitrogen and oxygen atoms in total. The SMILES string of the molecule is O=C(Cc1ccc(F)cc1)N[C@@H](Cc1ccc(F)cc1)C(=O)O. The Bertz CT molecular complexity index is 684. The zero-order valence-corrected chi connectivity index (χ0v) is 12.1. The van der Waals surface area contributed by atoms with E-state index in [9.17, 15) is 23.5 Å². The second-order valence-corrected chi connectivity index (χ2v) is 5.09. The molecule has 0 radical (unpaired) electrons. The van der Waals surface area contributed by atoms with Crippen molar-refractivity contribution < 1.29 is 23.5 Å². The number of carboxylic acid groups (broad SMARTS) is 1. The highest BCUT2D eigenvalue weighted by atomic mass is 19.1. The van der Waals surface area contributed by atoms with Crippen LogP contribution in [0.3, 0.4) is 0 Å². The third-order valence-electron chi connectivity index (χ3n) is 3.26. The van der Waals surface area contributed by atoms with Crippen LogP contribution in [0.2, 0.25) is 0 Å². The van der Waals surface area contributed by atoms with E-state index < -0.39 is 29.6 Å². The minimum atomic E-state index is -1.18. The summed E-state index contributed by atoms with van der Waals surface area (Å²) in [5.41, 5.74) is 1.18. The van der Waals surface area contributed by atoms with Crippen LogP contribution in [0, 0.1) is 11.6 Å². The molecule has 2 N–H and O–H groups in total. The summed E-state index contributed by atoms with van der Waals surface area (Å²) in [6, 6.07) is 9.67. The average molecular weight is 319 g/mol. The Morgan fingerprint density at radius 1 is 0.913 bits per heavy atom.